The molecule has 1 amide bonds. The van der Waals surface area contributed by atoms with Gasteiger partial charge in [0.1, 0.15) is 36.4 Å². The fourth-order valence-electron chi connectivity index (χ4n) is 3.05. The molecule has 0 atom stereocenters. The first kappa shape index (κ1) is 17.7. The summed E-state index contributed by atoms with van der Waals surface area (Å²) in [4.78, 5) is 24.4. The predicted molar refractivity (Wildman–Crippen MR) is 92.3 cm³/mol. The lowest BCUT2D eigenvalue weighted by Gasteiger charge is -2.11. The van der Waals surface area contributed by atoms with E-state index in [0.717, 1.165) is 30.4 Å². The minimum absolute atomic E-state index is 0.142. The molecule has 1 aliphatic rings. The highest BCUT2D eigenvalue weighted by Crippen LogP contribution is 2.22. The van der Waals surface area contributed by atoms with Gasteiger partial charge in [-0.15, -0.1) is 0 Å². The first-order valence-corrected chi connectivity index (χ1v) is 8.39. The van der Waals surface area contributed by atoms with E-state index in [1.165, 1.54) is 28.8 Å². The Kier molecular flexibility index (Phi) is 5.32. The SMILES string of the molecule is N#Cc1c2c(cn(CC(=O)NCCOc3ccc(F)cc3)c1=O)CCC2. The molecule has 0 fully saturated rings. The van der Waals surface area contributed by atoms with Gasteiger partial charge >= 0.3 is 0 Å². The molecule has 1 heterocycles. The first-order valence-electron chi connectivity index (χ1n) is 8.39. The molecule has 0 unspecified atom stereocenters. The number of nitrogens with one attached hydrogen (secondary N) is 1. The van der Waals surface area contributed by atoms with Crippen LogP contribution >= 0.6 is 0 Å². The lowest BCUT2D eigenvalue weighted by atomic mass is 10.1. The van der Waals surface area contributed by atoms with Crippen LogP contribution in [0.1, 0.15) is 23.1 Å². The summed E-state index contributed by atoms with van der Waals surface area (Å²) in [5.41, 5.74) is 1.51. The summed E-state index contributed by atoms with van der Waals surface area (Å²) < 4.78 is 19.5. The first-order chi connectivity index (χ1) is 12.6. The second-order valence-electron chi connectivity index (χ2n) is 6.06. The van der Waals surface area contributed by atoms with E-state index in [-0.39, 0.29) is 37.0 Å². The molecule has 1 aromatic heterocycles. The Morgan fingerprint density at radius 2 is 2.08 bits per heavy atom. The quantitative estimate of drug-likeness (QED) is 0.797. The van der Waals surface area contributed by atoms with Crippen LogP contribution in [0, 0.1) is 17.1 Å². The topological polar surface area (TPSA) is 84.1 Å². The van der Waals surface area contributed by atoms with Gasteiger partial charge in [-0.25, -0.2) is 4.39 Å². The number of carbonyl (C=O) groups is 1. The van der Waals surface area contributed by atoms with E-state index >= 15 is 0 Å². The highest BCUT2D eigenvalue weighted by atomic mass is 19.1. The van der Waals surface area contributed by atoms with E-state index < -0.39 is 5.56 Å². The number of ether oxygens (including phenoxy) is 1. The Labute approximate surface area is 149 Å². The van der Waals surface area contributed by atoms with Crippen molar-refractivity contribution in [2.24, 2.45) is 0 Å². The number of aryl methyl sites for hydroxylation is 1. The number of nitrogens with zero attached hydrogens (tertiary/aromatic N) is 2. The number of nitriles is 1. The molecule has 26 heavy (non-hydrogen) atoms. The molecule has 6 nitrogen and oxygen atoms in total. The molecule has 2 aromatic rings. The van der Waals surface area contributed by atoms with Crippen LogP contribution in [-0.4, -0.2) is 23.6 Å². The van der Waals surface area contributed by atoms with Crippen LogP contribution < -0.4 is 15.6 Å². The lowest BCUT2D eigenvalue weighted by molar-refractivity contribution is -0.121. The van der Waals surface area contributed by atoms with Crippen molar-refractivity contribution in [3.63, 3.8) is 0 Å². The van der Waals surface area contributed by atoms with Crippen LogP contribution in [0.25, 0.3) is 0 Å². The Morgan fingerprint density at radius 3 is 2.81 bits per heavy atom. The van der Waals surface area contributed by atoms with Gasteiger partial charge in [-0.1, -0.05) is 0 Å². The Morgan fingerprint density at radius 1 is 1.31 bits per heavy atom. The van der Waals surface area contributed by atoms with Crippen molar-refractivity contribution >= 4 is 5.91 Å². The maximum Gasteiger partial charge on any atom is 0.269 e. The van der Waals surface area contributed by atoms with Gasteiger partial charge in [-0.3, -0.25) is 9.59 Å². The summed E-state index contributed by atoms with van der Waals surface area (Å²) in [6.45, 7) is 0.332. The van der Waals surface area contributed by atoms with Crippen LogP contribution in [0.4, 0.5) is 4.39 Å². The number of pyridine rings is 1. The molecule has 1 aliphatic carbocycles. The van der Waals surface area contributed by atoms with Gasteiger partial charge in [0.15, 0.2) is 0 Å². The number of halogens is 1. The van der Waals surface area contributed by atoms with Crippen molar-refractivity contribution in [2.75, 3.05) is 13.2 Å². The summed E-state index contributed by atoms with van der Waals surface area (Å²) in [7, 11) is 0. The van der Waals surface area contributed by atoms with Gasteiger partial charge in [0, 0.05) is 6.20 Å². The zero-order chi connectivity index (χ0) is 18.5. The summed E-state index contributed by atoms with van der Waals surface area (Å²) >= 11 is 0. The van der Waals surface area contributed by atoms with Gasteiger partial charge in [0.25, 0.3) is 5.56 Å². The van der Waals surface area contributed by atoms with Gasteiger partial charge in [-0.2, -0.15) is 5.26 Å². The highest BCUT2D eigenvalue weighted by molar-refractivity contribution is 5.75. The molecule has 134 valence electrons. The molecule has 0 spiro atoms. The van der Waals surface area contributed by atoms with Crippen LogP contribution in [0.15, 0.2) is 35.3 Å². The number of aromatic nitrogens is 1. The van der Waals surface area contributed by atoms with E-state index in [1.54, 1.807) is 6.20 Å². The molecule has 0 aliphatic heterocycles. The van der Waals surface area contributed by atoms with Crippen molar-refractivity contribution in [1.82, 2.24) is 9.88 Å². The van der Waals surface area contributed by atoms with Crippen molar-refractivity contribution < 1.29 is 13.9 Å². The smallest absolute Gasteiger partial charge is 0.269 e. The van der Waals surface area contributed by atoms with E-state index in [2.05, 4.69) is 5.32 Å². The second kappa shape index (κ2) is 7.83. The van der Waals surface area contributed by atoms with Crippen LogP contribution in [0.5, 0.6) is 5.75 Å². The molecule has 7 heteroatoms. The van der Waals surface area contributed by atoms with Crippen molar-refractivity contribution in [1.29, 1.82) is 5.26 Å². The predicted octanol–water partition coefficient (Wildman–Crippen LogP) is 1.54. The molecule has 1 aromatic carbocycles. The minimum Gasteiger partial charge on any atom is -0.492 e. The number of hydrogen-bond donors (Lipinski definition) is 1. The van der Waals surface area contributed by atoms with E-state index in [4.69, 9.17) is 4.74 Å². The number of hydrogen-bond acceptors (Lipinski definition) is 4. The Balaban J connectivity index is 1.55. The molecule has 0 radical (unpaired) electrons. The maximum absolute atomic E-state index is 12.8. The summed E-state index contributed by atoms with van der Waals surface area (Å²) in [6, 6.07) is 7.57. The number of benzene rings is 1. The van der Waals surface area contributed by atoms with E-state index in [0.29, 0.717) is 5.75 Å². The van der Waals surface area contributed by atoms with Crippen molar-refractivity contribution in [3.8, 4) is 11.8 Å². The van der Waals surface area contributed by atoms with Crippen LogP contribution in [-0.2, 0) is 24.2 Å². The highest BCUT2D eigenvalue weighted by Gasteiger charge is 2.20. The largest absolute Gasteiger partial charge is 0.492 e. The molecule has 0 saturated carbocycles. The second-order valence-corrected chi connectivity index (χ2v) is 6.06. The molecular formula is C19H18FN3O3. The van der Waals surface area contributed by atoms with Gasteiger partial charge in [-0.05, 0) is 54.7 Å². The summed E-state index contributed by atoms with van der Waals surface area (Å²) in [5.74, 6) is -0.173. The number of fused-ring (bicyclic) bond motifs is 1. The number of rotatable bonds is 6. The van der Waals surface area contributed by atoms with Crippen LogP contribution in [0.3, 0.4) is 0 Å². The minimum atomic E-state index is -0.425. The fraction of sp³-hybridized carbons (Fsp3) is 0.316. The molecule has 0 saturated heterocycles. The molecular weight excluding hydrogens is 337 g/mol. The standard InChI is InChI=1S/C19H18FN3O3/c20-14-4-6-15(7-5-14)26-9-8-22-18(24)12-23-11-13-2-1-3-16(13)17(10-21)19(23)25/h4-7,11H,1-3,8-9,12H2,(H,22,24). The average molecular weight is 355 g/mol. The fourth-order valence-corrected chi connectivity index (χ4v) is 3.05. The summed E-state index contributed by atoms with van der Waals surface area (Å²) in [5, 5.41) is 11.9. The monoisotopic (exact) mass is 355 g/mol. The third-order valence-corrected chi connectivity index (χ3v) is 4.28. The zero-order valence-electron chi connectivity index (χ0n) is 14.1. The average Bonchev–Trinajstić information content (AvgIpc) is 3.09. The number of amides is 1. The summed E-state index contributed by atoms with van der Waals surface area (Å²) in [6.07, 6.45) is 4.15. The molecule has 0 bridgehead atoms. The van der Waals surface area contributed by atoms with E-state index in [1.807, 2.05) is 6.07 Å². The van der Waals surface area contributed by atoms with Crippen molar-refractivity contribution in [3.05, 3.63) is 63.3 Å². The zero-order valence-corrected chi connectivity index (χ0v) is 14.1. The molecule has 1 N–H and O–H groups in total. The third kappa shape index (κ3) is 3.91. The Bertz CT molecular complexity index is 913. The molecule has 3 rings (SSSR count). The van der Waals surface area contributed by atoms with E-state index in [9.17, 15) is 19.2 Å². The van der Waals surface area contributed by atoms with Gasteiger partial charge < -0.3 is 14.6 Å². The van der Waals surface area contributed by atoms with Gasteiger partial charge in [0.2, 0.25) is 5.91 Å². The van der Waals surface area contributed by atoms with Crippen molar-refractivity contribution in [2.45, 2.75) is 25.8 Å². The maximum atomic E-state index is 12.8. The Hall–Kier alpha value is -3.14. The third-order valence-electron chi connectivity index (χ3n) is 4.28. The van der Waals surface area contributed by atoms with Crippen LogP contribution in [0.2, 0.25) is 0 Å². The van der Waals surface area contributed by atoms with Gasteiger partial charge in [0.05, 0.1) is 6.54 Å². The normalized spacial score (nSPS) is 12.3. The lowest BCUT2D eigenvalue weighted by Crippen LogP contribution is -2.35. The number of carbonyl (C=O) groups excluding carboxylic acids is 1.